The minimum atomic E-state index is -0.221. The van der Waals surface area contributed by atoms with Gasteiger partial charge in [-0.15, -0.1) is 0 Å². The summed E-state index contributed by atoms with van der Waals surface area (Å²) < 4.78 is 5.84. The lowest BCUT2D eigenvalue weighted by Gasteiger charge is -2.30. The number of carbonyl (C=O) groups excluding carboxylic acids is 1. The Hall–Kier alpha value is -0.790. The molecular formula is C40H78O2. The minimum Gasteiger partial charge on any atom is -0.459 e. The Morgan fingerprint density at radius 3 is 1.10 bits per heavy atom. The quantitative estimate of drug-likeness (QED) is 0.0431. The van der Waals surface area contributed by atoms with Crippen LogP contribution in [0, 0.1) is 11.8 Å². The maximum absolute atomic E-state index is 12.2. The highest BCUT2D eigenvalue weighted by molar-refractivity contribution is 5.87. The maximum atomic E-state index is 12.2. The topological polar surface area (TPSA) is 26.3 Å². The Morgan fingerprint density at radius 2 is 0.786 bits per heavy atom. The molecule has 3 unspecified atom stereocenters. The lowest BCUT2D eigenvalue weighted by molar-refractivity contribution is -0.147. The Balaban J connectivity index is 4.07. The third-order valence-corrected chi connectivity index (χ3v) is 9.63. The molecule has 0 radical (unpaired) electrons. The van der Waals surface area contributed by atoms with E-state index in [0.717, 1.165) is 0 Å². The molecule has 0 amide bonds. The molecule has 2 nitrogen and oxygen atoms in total. The monoisotopic (exact) mass is 591 g/mol. The molecule has 0 rings (SSSR count). The summed E-state index contributed by atoms with van der Waals surface area (Å²) in [6.07, 6.45) is 40.2. The second-order valence-electron chi connectivity index (χ2n) is 13.9. The van der Waals surface area contributed by atoms with Crippen LogP contribution in [0.2, 0.25) is 0 Å². The van der Waals surface area contributed by atoms with Crippen molar-refractivity contribution < 1.29 is 9.53 Å². The van der Waals surface area contributed by atoms with Gasteiger partial charge in [-0.1, -0.05) is 207 Å². The largest absolute Gasteiger partial charge is 0.459 e. The van der Waals surface area contributed by atoms with Crippen LogP contribution in [0.3, 0.4) is 0 Å². The van der Waals surface area contributed by atoms with Crippen LogP contribution in [0.1, 0.15) is 221 Å². The van der Waals surface area contributed by atoms with E-state index in [1.807, 2.05) is 0 Å². The third-order valence-electron chi connectivity index (χ3n) is 9.63. The van der Waals surface area contributed by atoms with Crippen LogP contribution in [-0.2, 0) is 9.53 Å². The number of unbranched alkanes of at least 4 members (excludes halogenated alkanes) is 25. The number of rotatable bonds is 33. The van der Waals surface area contributed by atoms with Crippen LogP contribution < -0.4 is 0 Å². The third kappa shape index (κ3) is 26.8. The molecule has 0 aromatic heterocycles. The van der Waals surface area contributed by atoms with Crippen LogP contribution in [0.15, 0.2) is 12.2 Å². The predicted octanol–water partition coefficient (Wildman–Crippen LogP) is 14.1. The van der Waals surface area contributed by atoms with E-state index < -0.39 is 0 Å². The summed E-state index contributed by atoms with van der Waals surface area (Å²) in [5.41, 5.74) is 0.515. The van der Waals surface area contributed by atoms with E-state index >= 15 is 0 Å². The summed E-state index contributed by atoms with van der Waals surface area (Å²) in [5.74, 6) is 0.845. The second-order valence-corrected chi connectivity index (χ2v) is 13.9. The highest BCUT2D eigenvalue weighted by atomic mass is 16.5. The van der Waals surface area contributed by atoms with Crippen molar-refractivity contribution in [2.24, 2.45) is 11.8 Å². The van der Waals surface area contributed by atoms with Crippen molar-refractivity contribution in [3.05, 3.63) is 12.2 Å². The molecule has 2 heteroatoms. The fourth-order valence-corrected chi connectivity index (χ4v) is 6.61. The first-order chi connectivity index (χ1) is 20.4. The smallest absolute Gasteiger partial charge is 0.333 e. The minimum absolute atomic E-state index is 0.0202. The predicted molar refractivity (Wildman–Crippen MR) is 188 cm³/mol. The van der Waals surface area contributed by atoms with Crippen LogP contribution in [0.5, 0.6) is 0 Å². The SMILES string of the molecule is C=C(C)C(=O)OC(C)C(CCCCCCCCCCCCCCC)C(C)CCCCCCCCCCCCCCCC. The van der Waals surface area contributed by atoms with Crippen LogP contribution in [0.4, 0.5) is 0 Å². The summed E-state index contributed by atoms with van der Waals surface area (Å²) >= 11 is 0. The van der Waals surface area contributed by atoms with Gasteiger partial charge in [0.05, 0.1) is 0 Å². The lowest BCUT2D eigenvalue weighted by atomic mass is 9.82. The zero-order valence-electron chi connectivity index (χ0n) is 29.8. The molecule has 0 aromatic rings. The van der Waals surface area contributed by atoms with E-state index in [1.54, 1.807) is 6.92 Å². The van der Waals surface area contributed by atoms with E-state index in [9.17, 15) is 4.79 Å². The Bertz CT molecular complexity index is 582. The molecule has 0 aliphatic rings. The number of ether oxygens (including phenoxy) is 1. The second kappa shape index (κ2) is 31.6. The molecule has 3 atom stereocenters. The van der Waals surface area contributed by atoms with Gasteiger partial charge in [0.1, 0.15) is 6.10 Å². The van der Waals surface area contributed by atoms with Gasteiger partial charge < -0.3 is 4.74 Å². The van der Waals surface area contributed by atoms with Crippen molar-refractivity contribution in [3.8, 4) is 0 Å². The summed E-state index contributed by atoms with van der Waals surface area (Å²) in [6.45, 7) is 14.7. The molecular weight excluding hydrogens is 512 g/mol. The highest BCUT2D eigenvalue weighted by Gasteiger charge is 2.26. The van der Waals surface area contributed by atoms with Crippen molar-refractivity contribution in [1.82, 2.24) is 0 Å². The van der Waals surface area contributed by atoms with Crippen LogP contribution in [0.25, 0.3) is 0 Å². The van der Waals surface area contributed by atoms with E-state index in [2.05, 4.69) is 34.3 Å². The highest BCUT2D eigenvalue weighted by Crippen LogP contribution is 2.30. The molecule has 0 saturated heterocycles. The Morgan fingerprint density at radius 1 is 0.500 bits per heavy atom. The number of hydrogen-bond donors (Lipinski definition) is 0. The summed E-state index contributed by atoms with van der Waals surface area (Å²) in [7, 11) is 0. The standard InChI is InChI=1S/C40H78O2/c1-7-9-11-13-15-17-19-21-23-24-26-28-30-32-34-37(5)39(38(6)42-40(41)36(3)4)35-33-31-29-27-25-22-20-18-16-14-12-10-8-2/h37-39H,3,7-35H2,1-2,4-6H3. The Labute approximate surface area is 266 Å². The van der Waals surface area contributed by atoms with Gasteiger partial charge >= 0.3 is 5.97 Å². The number of carbonyl (C=O) groups is 1. The van der Waals surface area contributed by atoms with Crippen molar-refractivity contribution in [3.63, 3.8) is 0 Å². The van der Waals surface area contributed by atoms with Gasteiger partial charge in [0.25, 0.3) is 0 Å². The molecule has 0 fully saturated rings. The van der Waals surface area contributed by atoms with Crippen LogP contribution in [-0.4, -0.2) is 12.1 Å². The molecule has 250 valence electrons. The molecule has 42 heavy (non-hydrogen) atoms. The fraction of sp³-hybridized carbons (Fsp3) is 0.925. The van der Waals surface area contributed by atoms with Gasteiger partial charge in [-0.2, -0.15) is 0 Å². The van der Waals surface area contributed by atoms with Crippen molar-refractivity contribution >= 4 is 5.97 Å². The lowest BCUT2D eigenvalue weighted by Crippen LogP contribution is -2.29. The molecule has 0 aromatic carbocycles. The summed E-state index contributed by atoms with van der Waals surface area (Å²) in [6, 6.07) is 0. The fourth-order valence-electron chi connectivity index (χ4n) is 6.61. The van der Waals surface area contributed by atoms with Gasteiger partial charge in [-0.25, -0.2) is 4.79 Å². The zero-order chi connectivity index (χ0) is 31.1. The average molecular weight is 591 g/mol. The van der Waals surface area contributed by atoms with Gasteiger partial charge in [0.2, 0.25) is 0 Å². The van der Waals surface area contributed by atoms with Gasteiger partial charge in [-0.05, 0) is 32.1 Å². The average Bonchev–Trinajstić information content (AvgIpc) is 2.97. The molecule has 0 saturated carbocycles. The molecule has 0 N–H and O–H groups in total. The first-order valence-corrected chi connectivity index (χ1v) is 19.3. The summed E-state index contributed by atoms with van der Waals surface area (Å²) in [4.78, 5) is 12.2. The van der Waals surface area contributed by atoms with E-state index in [1.165, 1.54) is 186 Å². The van der Waals surface area contributed by atoms with E-state index in [4.69, 9.17) is 4.74 Å². The number of esters is 1. The van der Waals surface area contributed by atoms with Gasteiger partial charge in [0, 0.05) is 5.57 Å². The van der Waals surface area contributed by atoms with Crippen LogP contribution >= 0.6 is 0 Å². The number of hydrogen-bond acceptors (Lipinski definition) is 2. The molecule has 0 aliphatic carbocycles. The normalized spacial score (nSPS) is 13.6. The summed E-state index contributed by atoms with van der Waals surface area (Å²) in [5, 5.41) is 0. The maximum Gasteiger partial charge on any atom is 0.333 e. The molecule has 0 bridgehead atoms. The van der Waals surface area contributed by atoms with Gasteiger partial charge in [-0.3, -0.25) is 0 Å². The molecule has 0 aliphatic heterocycles. The van der Waals surface area contributed by atoms with Crippen molar-refractivity contribution in [2.75, 3.05) is 0 Å². The zero-order valence-corrected chi connectivity index (χ0v) is 29.8. The van der Waals surface area contributed by atoms with Crippen molar-refractivity contribution in [1.29, 1.82) is 0 Å². The first-order valence-electron chi connectivity index (χ1n) is 19.3. The van der Waals surface area contributed by atoms with Gasteiger partial charge in [0.15, 0.2) is 0 Å². The first kappa shape index (κ1) is 41.2. The van der Waals surface area contributed by atoms with Crippen molar-refractivity contribution in [2.45, 2.75) is 227 Å². The van der Waals surface area contributed by atoms with E-state index in [-0.39, 0.29) is 12.1 Å². The Kier molecular flexibility index (Phi) is 31.0. The van der Waals surface area contributed by atoms with E-state index in [0.29, 0.717) is 17.4 Å². The molecule has 0 heterocycles. The molecule has 0 spiro atoms.